The average molecular weight is 739 g/mol. The zero-order valence-electron chi connectivity index (χ0n) is 30.6. The highest BCUT2D eigenvalue weighted by atomic mass is 32.1. The second-order valence-corrected chi connectivity index (χ2v) is 15.6. The van der Waals surface area contributed by atoms with Gasteiger partial charge in [-0.1, -0.05) is 158 Å². The first kappa shape index (κ1) is 32.8. The fourth-order valence-corrected chi connectivity index (χ4v) is 10.4. The SMILES string of the molecule is N#Cc1ccccc1-c1c2ccccc2c(-c2ccc3c(c2)sc2cccc(-c4c5ccccc5c(-c5ccccc5C#N)c5ccccc45)c23)c2ccccc12. The molecule has 0 aliphatic heterocycles. The van der Waals surface area contributed by atoms with Crippen molar-refractivity contribution in [3.05, 3.63) is 193 Å². The highest BCUT2D eigenvalue weighted by Gasteiger charge is 2.22. The molecule has 11 aromatic rings. The summed E-state index contributed by atoms with van der Waals surface area (Å²) in [6, 6.07) is 69.0. The van der Waals surface area contributed by atoms with E-state index < -0.39 is 0 Å². The molecular weight excluding hydrogens is 709 g/mol. The Hall–Kier alpha value is -7.56. The number of fused-ring (bicyclic) bond motifs is 7. The van der Waals surface area contributed by atoms with Crippen molar-refractivity contribution in [2.75, 3.05) is 0 Å². The first-order valence-corrected chi connectivity index (χ1v) is 19.9. The van der Waals surface area contributed by atoms with Gasteiger partial charge in [-0.25, -0.2) is 0 Å². The van der Waals surface area contributed by atoms with E-state index in [4.69, 9.17) is 0 Å². The molecule has 0 amide bonds. The molecule has 0 saturated carbocycles. The molecular formula is C54H30N2S. The summed E-state index contributed by atoms with van der Waals surface area (Å²) in [5, 5.41) is 32.0. The fraction of sp³-hybridized carbons (Fsp3) is 0. The average Bonchev–Trinajstić information content (AvgIpc) is 3.65. The second-order valence-electron chi connectivity index (χ2n) is 14.5. The Morgan fingerprint density at radius 1 is 0.316 bits per heavy atom. The van der Waals surface area contributed by atoms with Gasteiger partial charge in [-0.15, -0.1) is 11.3 Å². The van der Waals surface area contributed by atoms with Gasteiger partial charge in [0.1, 0.15) is 0 Å². The van der Waals surface area contributed by atoms with Gasteiger partial charge in [0, 0.05) is 31.3 Å². The van der Waals surface area contributed by atoms with Gasteiger partial charge in [-0.2, -0.15) is 10.5 Å². The van der Waals surface area contributed by atoms with Crippen LogP contribution in [0, 0.1) is 22.7 Å². The van der Waals surface area contributed by atoms with Crippen LogP contribution in [-0.4, -0.2) is 0 Å². The van der Waals surface area contributed by atoms with E-state index in [0.29, 0.717) is 11.1 Å². The number of nitriles is 2. The Kier molecular flexibility index (Phi) is 7.51. The van der Waals surface area contributed by atoms with Crippen molar-refractivity contribution in [1.82, 2.24) is 0 Å². The summed E-state index contributed by atoms with van der Waals surface area (Å²) in [4.78, 5) is 0. The molecule has 0 spiro atoms. The largest absolute Gasteiger partial charge is 0.192 e. The topological polar surface area (TPSA) is 47.6 Å². The number of nitrogens with zero attached hydrogens (tertiary/aromatic N) is 2. The van der Waals surface area contributed by atoms with E-state index >= 15 is 0 Å². The van der Waals surface area contributed by atoms with Crippen LogP contribution in [0.15, 0.2) is 182 Å². The number of hydrogen-bond donors (Lipinski definition) is 0. The summed E-state index contributed by atoms with van der Waals surface area (Å²) in [5.41, 5.74) is 10.2. The molecule has 57 heavy (non-hydrogen) atoms. The molecule has 0 unspecified atom stereocenters. The van der Waals surface area contributed by atoms with Crippen molar-refractivity contribution < 1.29 is 0 Å². The molecule has 0 aliphatic carbocycles. The van der Waals surface area contributed by atoms with Crippen molar-refractivity contribution in [3.8, 4) is 56.6 Å². The van der Waals surface area contributed by atoms with Gasteiger partial charge >= 0.3 is 0 Å². The molecule has 0 aliphatic rings. The van der Waals surface area contributed by atoms with Crippen LogP contribution in [0.5, 0.6) is 0 Å². The quantitative estimate of drug-likeness (QED) is 0.169. The maximum Gasteiger partial charge on any atom is 0.0998 e. The third-order valence-electron chi connectivity index (χ3n) is 11.6. The zero-order valence-corrected chi connectivity index (χ0v) is 31.4. The minimum absolute atomic E-state index is 0.671. The van der Waals surface area contributed by atoms with Crippen LogP contribution in [0.1, 0.15) is 11.1 Å². The molecule has 11 rings (SSSR count). The predicted octanol–water partition coefficient (Wildman–Crippen LogP) is 15.1. The first-order chi connectivity index (χ1) is 28.2. The fourth-order valence-electron chi connectivity index (χ4n) is 9.23. The Bertz CT molecular complexity index is 3440. The van der Waals surface area contributed by atoms with E-state index in [1.54, 1.807) is 0 Å². The van der Waals surface area contributed by atoms with Gasteiger partial charge in [0.25, 0.3) is 0 Å². The van der Waals surface area contributed by atoms with Crippen molar-refractivity contribution in [1.29, 1.82) is 10.5 Å². The van der Waals surface area contributed by atoms with E-state index in [0.717, 1.165) is 54.6 Å². The number of hydrogen-bond acceptors (Lipinski definition) is 3. The Morgan fingerprint density at radius 3 is 1.16 bits per heavy atom. The summed E-state index contributed by atoms with van der Waals surface area (Å²) < 4.78 is 2.47. The molecule has 10 aromatic carbocycles. The summed E-state index contributed by atoms with van der Waals surface area (Å²) in [6.45, 7) is 0. The van der Waals surface area contributed by atoms with Crippen molar-refractivity contribution in [2.24, 2.45) is 0 Å². The summed E-state index contributed by atoms with van der Waals surface area (Å²) in [5.74, 6) is 0. The number of thiophene rings is 1. The standard InChI is InChI=1S/C54H30N2S/c55-31-34-14-1-3-16-36(34)51-40-20-7-5-18-38(40)50(39-19-6-8-21-41(39)51)33-28-29-46-49(30-33)57-48-27-13-26-47(54(46)48)53-44-24-11-9-22-42(44)52(43-23-10-12-25-45(43)53)37-17-4-2-15-35(37)32-56/h1-30H. The lowest BCUT2D eigenvalue weighted by molar-refractivity contribution is 1.48. The highest BCUT2D eigenvalue weighted by molar-refractivity contribution is 7.26. The number of benzene rings is 10. The van der Waals surface area contributed by atoms with Crippen molar-refractivity contribution in [2.45, 2.75) is 0 Å². The Morgan fingerprint density at radius 2 is 0.702 bits per heavy atom. The summed E-state index contributed by atoms with van der Waals surface area (Å²) in [7, 11) is 0. The molecule has 0 fully saturated rings. The van der Waals surface area contributed by atoms with Crippen molar-refractivity contribution >= 4 is 74.6 Å². The second kappa shape index (κ2) is 13.0. The molecule has 0 atom stereocenters. The van der Waals surface area contributed by atoms with E-state index in [9.17, 15) is 10.5 Å². The monoisotopic (exact) mass is 738 g/mol. The van der Waals surface area contributed by atoms with Crippen LogP contribution >= 0.6 is 11.3 Å². The van der Waals surface area contributed by atoms with E-state index in [-0.39, 0.29) is 0 Å². The van der Waals surface area contributed by atoms with Crippen LogP contribution in [0.25, 0.3) is 108 Å². The molecule has 0 radical (unpaired) electrons. The first-order valence-electron chi connectivity index (χ1n) is 19.1. The van der Waals surface area contributed by atoms with Crippen LogP contribution in [-0.2, 0) is 0 Å². The van der Waals surface area contributed by atoms with Gasteiger partial charge in [-0.3, -0.25) is 0 Å². The van der Waals surface area contributed by atoms with Crippen molar-refractivity contribution in [3.63, 3.8) is 0 Å². The normalized spacial score (nSPS) is 11.5. The molecule has 0 bridgehead atoms. The van der Waals surface area contributed by atoms with Crippen LogP contribution in [0.2, 0.25) is 0 Å². The lowest BCUT2D eigenvalue weighted by Gasteiger charge is -2.19. The molecule has 2 nitrogen and oxygen atoms in total. The third-order valence-corrected chi connectivity index (χ3v) is 12.7. The molecule has 1 aromatic heterocycles. The summed E-state index contributed by atoms with van der Waals surface area (Å²) >= 11 is 1.84. The maximum absolute atomic E-state index is 10.2. The van der Waals surface area contributed by atoms with Gasteiger partial charge in [-0.05, 0) is 101 Å². The van der Waals surface area contributed by atoms with E-state index in [1.165, 1.54) is 53.2 Å². The molecule has 0 N–H and O–H groups in total. The third kappa shape index (κ3) is 4.94. The van der Waals surface area contributed by atoms with Crippen LogP contribution in [0.4, 0.5) is 0 Å². The van der Waals surface area contributed by atoms with E-state index in [1.807, 2.05) is 47.7 Å². The predicted molar refractivity (Wildman–Crippen MR) is 241 cm³/mol. The smallest absolute Gasteiger partial charge is 0.0998 e. The lowest BCUT2D eigenvalue weighted by Crippen LogP contribution is -1.93. The Balaban J connectivity index is 1.18. The minimum atomic E-state index is 0.671. The maximum atomic E-state index is 10.2. The van der Waals surface area contributed by atoms with Crippen LogP contribution < -0.4 is 0 Å². The van der Waals surface area contributed by atoms with Gasteiger partial charge in [0.2, 0.25) is 0 Å². The minimum Gasteiger partial charge on any atom is -0.192 e. The van der Waals surface area contributed by atoms with Gasteiger partial charge in [0.05, 0.1) is 23.3 Å². The number of rotatable bonds is 4. The zero-order chi connectivity index (χ0) is 38.0. The molecule has 3 heteroatoms. The Labute approximate surface area is 333 Å². The molecule has 1 heterocycles. The lowest BCUT2D eigenvalue weighted by atomic mass is 9.83. The van der Waals surface area contributed by atoms with Gasteiger partial charge < -0.3 is 0 Å². The van der Waals surface area contributed by atoms with Crippen LogP contribution in [0.3, 0.4) is 0 Å². The summed E-state index contributed by atoms with van der Waals surface area (Å²) in [6.07, 6.45) is 0. The van der Waals surface area contributed by atoms with Gasteiger partial charge in [0.15, 0.2) is 0 Å². The molecule has 0 saturated heterocycles. The van der Waals surface area contributed by atoms with E-state index in [2.05, 4.69) is 158 Å². The molecule has 262 valence electrons. The highest BCUT2D eigenvalue weighted by Crippen LogP contribution is 2.50.